The average molecular weight is 289 g/mol. The fourth-order valence-electron chi connectivity index (χ4n) is 2.41. The van der Waals surface area contributed by atoms with Gasteiger partial charge in [-0.05, 0) is 42.3 Å². The molecular formula is C15H13F2N3O. The Morgan fingerprint density at radius 2 is 2.00 bits per heavy atom. The van der Waals surface area contributed by atoms with Crippen LogP contribution in [0.25, 0.3) is 0 Å². The van der Waals surface area contributed by atoms with Gasteiger partial charge in [0.15, 0.2) is 0 Å². The summed E-state index contributed by atoms with van der Waals surface area (Å²) in [6.45, 7) is 0.493. The second-order valence-electron chi connectivity index (χ2n) is 4.84. The van der Waals surface area contributed by atoms with E-state index in [0.717, 1.165) is 23.4 Å². The molecule has 0 atom stereocenters. The van der Waals surface area contributed by atoms with Gasteiger partial charge in [-0.1, -0.05) is 0 Å². The first-order chi connectivity index (χ1) is 10.0. The predicted molar refractivity (Wildman–Crippen MR) is 77.3 cm³/mol. The summed E-state index contributed by atoms with van der Waals surface area (Å²) in [5.41, 5.74) is 8.03. The zero-order valence-corrected chi connectivity index (χ0v) is 11.1. The lowest BCUT2D eigenvalue weighted by molar-refractivity contribution is 0.257. The van der Waals surface area contributed by atoms with Crippen molar-refractivity contribution in [2.75, 3.05) is 22.5 Å². The summed E-state index contributed by atoms with van der Waals surface area (Å²) in [4.78, 5) is 13.7. The van der Waals surface area contributed by atoms with Crippen LogP contribution in [0.4, 0.5) is 30.6 Å². The van der Waals surface area contributed by atoms with Crippen molar-refractivity contribution in [2.24, 2.45) is 0 Å². The first-order valence-corrected chi connectivity index (χ1v) is 6.46. The molecule has 1 aliphatic heterocycles. The van der Waals surface area contributed by atoms with Gasteiger partial charge in [-0.3, -0.25) is 4.90 Å². The van der Waals surface area contributed by atoms with Gasteiger partial charge in [0, 0.05) is 24.0 Å². The lowest BCUT2D eigenvalue weighted by Crippen LogP contribution is -2.33. The molecule has 4 nitrogen and oxygen atoms in total. The van der Waals surface area contributed by atoms with Gasteiger partial charge in [0.1, 0.15) is 11.6 Å². The highest BCUT2D eigenvalue weighted by Crippen LogP contribution is 2.30. The summed E-state index contributed by atoms with van der Waals surface area (Å²) in [5.74, 6) is -1.49. The fraction of sp³-hybridized carbons (Fsp3) is 0.133. The van der Waals surface area contributed by atoms with Crippen molar-refractivity contribution in [3.8, 4) is 0 Å². The zero-order valence-electron chi connectivity index (χ0n) is 11.1. The lowest BCUT2D eigenvalue weighted by atomic mass is 10.1. The van der Waals surface area contributed by atoms with Gasteiger partial charge in [0.2, 0.25) is 0 Å². The van der Waals surface area contributed by atoms with Crippen LogP contribution in [0.1, 0.15) is 5.56 Å². The van der Waals surface area contributed by atoms with Crippen LogP contribution in [0, 0.1) is 11.6 Å². The number of amides is 2. The van der Waals surface area contributed by atoms with E-state index in [1.807, 2.05) is 6.07 Å². The molecule has 0 saturated carbocycles. The molecule has 3 rings (SSSR count). The molecule has 6 heteroatoms. The maximum atomic E-state index is 13.6. The molecule has 2 amide bonds. The van der Waals surface area contributed by atoms with Crippen molar-refractivity contribution in [1.29, 1.82) is 0 Å². The summed E-state index contributed by atoms with van der Waals surface area (Å²) in [6, 6.07) is 7.86. The van der Waals surface area contributed by atoms with Crippen molar-refractivity contribution >= 4 is 23.1 Å². The van der Waals surface area contributed by atoms with E-state index in [-0.39, 0.29) is 5.69 Å². The number of carbonyl (C=O) groups excluding carboxylic acids is 1. The molecule has 0 unspecified atom stereocenters. The van der Waals surface area contributed by atoms with Crippen LogP contribution >= 0.6 is 0 Å². The molecule has 0 spiro atoms. The number of carbonyl (C=O) groups is 1. The van der Waals surface area contributed by atoms with Crippen molar-refractivity contribution in [3.05, 3.63) is 53.6 Å². The molecule has 1 heterocycles. The molecule has 2 aromatic rings. The molecule has 3 N–H and O–H groups in total. The number of fused-ring (bicyclic) bond motifs is 1. The van der Waals surface area contributed by atoms with Gasteiger partial charge in [-0.25, -0.2) is 13.6 Å². The Bertz CT molecular complexity index is 718. The number of hydrogen-bond donors (Lipinski definition) is 2. The number of nitrogens with two attached hydrogens (primary N) is 1. The second-order valence-corrected chi connectivity index (χ2v) is 4.84. The smallest absolute Gasteiger partial charge is 0.326 e. The van der Waals surface area contributed by atoms with Crippen LogP contribution in [0.2, 0.25) is 0 Å². The molecule has 0 fully saturated rings. The fourth-order valence-corrected chi connectivity index (χ4v) is 2.41. The maximum Gasteiger partial charge on any atom is 0.326 e. The third-order valence-corrected chi connectivity index (χ3v) is 3.42. The number of benzene rings is 2. The largest absolute Gasteiger partial charge is 0.399 e. The number of hydrogen-bond acceptors (Lipinski definition) is 2. The highest BCUT2D eigenvalue weighted by molar-refractivity contribution is 6.03. The Morgan fingerprint density at radius 1 is 1.19 bits per heavy atom. The van der Waals surface area contributed by atoms with Crippen LogP contribution < -0.4 is 16.0 Å². The van der Waals surface area contributed by atoms with E-state index in [0.29, 0.717) is 18.7 Å². The topological polar surface area (TPSA) is 58.4 Å². The third-order valence-electron chi connectivity index (χ3n) is 3.42. The maximum absolute atomic E-state index is 13.6. The average Bonchev–Trinajstić information content (AvgIpc) is 2.84. The first kappa shape index (κ1) is 13.4. The summed E-state index contributed by atoms with van der Waals surface area (Å²) in [7, 11) is 0. The molecule has 0 saturated heterocycles. The molecule has 0 aromatic heterocycles. The highest BCUT2D eigenvalue weighted by Gasteiger charge is 2.25. The van der Waals surface area contributed by atoms with Crippen molar-refractivity contribution in [3.63, 3.8) is 0 Å². The number of nitrogen functional groups attached to an aromatic ring is 1. The number of anilines is 3. The van der Waals surface area contributed by atoms with Gasteiger partial charge in [-0.15, -0.1) is 0 Å². The van der Waals surface area contributed by atoms with E-state index in [2.05, 4.69) is 5.32 Å². The minimum Gasteiger partial charge on any atom is -0.399 e. The number of rotatable bonds is 1. The Morgan fingerprint density at radius 3 is 2.76 bits per heavy atom. The summed E-state index contributed by atoms with van der Waals surface area (Å²) in [5, 5.41) is 2.45. The number of halogens is 2. The van der Waals surface area contributed by atoms with E-state index < -0.39 is 17.7 Å². The molecule has 1 aliphatic rings. The molecule has 108 valence electrons. The number of nitrogens with one attached hydrogen (secondary N) is 1. The van der Waals surface area contributed by atoms with E-state index in [4.69, 9.17) is 5.73 Å². The van der Waals surface area contributed by atoms with Crippen LogP contribution in [-0.4, -0.2) is 12.6 Å². The van der Waals surface area contributed by atoms with Crippen LogP contribution in [0.5, 0.6) is 0 Å². The van der Waals surface area contributed by atoms with E-state index in [1.165, 1.54) is 11.0 Å². The van der Waals surface area contributed by atoms with Gasteiger partial charge in [-0.2, -0.15) is 0 Å². The lowest BCUT2D eigenvalue weighted by Gasteiger charge is -2.18. The van der Waals surface area contributed by atoms with Crippen LogP contribution in [-0.2, 0) is 6.42 Å². The Hall–Kier alpha value is -2.63. The SMILES string of the molecule is Nc1ccc2c(c1)CCN2C(=O)Nc1ccc(F)cc1F. The van der Waals surface area contributed by atoms with Crippen molar-refractivity contribution in [1.82, 2.24) is 0 Å². The predicted octanol–water partition coefficient (Wildman–Crippen LogP) is 3.14. The number of urea groups is 1. The van der Waals surface area contributed by atoms with Gasteiger partial charge >= 0.3 is 6.03 Å². The van der Waals surface area contributed by atoms with Gasteiger partial charge < -0.3 is 11.1 Å². The minimum absolute atomic E-state index is 0.0507. The van der Waals surface area contributed by atoms with Crippen molar-refractivity contribution in [2.45, 2.75) is 6.42 Å². The Labute approximate surface area is 120 Å². The number of nitrogens with zero attached hydrogens (tertiary/aromatic N) is 1. The van der Waals surface area contributed by atoms with E-state index in [1.54, 1.807) is 12.1 Å². The van der Waals surface area contributed by atoms with Gasteiger partial charge in [0.25, 0.3) is 0 Å². The second kappa shape index (κ2) is 5.05. The first-order valence-electron chi connectivity index (χ1n) is 6.46. The molecule has 0 aliphatic carbocycles. The van der Waals surface area contributed by atoms with Crippen LogP contribution in [0.3, 0.4) is 0 Å². The quantitative estimate of drug-likeness (QED) is 0.792. The zero-order chi connectivity index (χ0) is 15.0. The normalized spacial score (nSPS) is 13.1. The molecule has 21 heavy (non-hydrogen) atoms. The van der Waals surface area contributed by atoms with E-state index >= 15 is 0 Å². The summed E-state index contributed by atoms with van der Waals surface area (Å²) < 4.78 is 26.4. The molecule has 2 aromatic carbocycles. The molecular weight excluding hydrogens is 276 g/mol. The van der Waals surface area contributed by atoms with Crippen LogP contribution in [0.15, 0.2) is 36.4 Å². The van der Waals surface area contributed by atoms with E-state index in [9.17, 15) is 13.6 Å². The monoisotopic (exact) mass is 289 g/mol. The minimum atomic E-state index is -0.805. The van der Waals surface area contributed by atoms with Crippen molar-refractivity contribution < 1.29 is 13.6 Å². The summed E-state index contributed by atoms with van der Waals surface area (Å²) >= 11 is 0. The third kappa shape index (κ3) is 2.52. The highest BCUT2D eigenvalue weighted by atomic mass is 19.1. The van der Waals surface area contributed by atoms with Gasteiger partial charge in [0.05, 0.1) is 5.69 Å². The standard InChI is InChI=1S/C15H13F2N3O/c16-10-1-3-13(12(17)8-10)19-15(21)20-6-5-9-7-11(18)2-4-14(9)20/h1-4,7-8H,5-6,18H2,(H,19,21). The molecule has 0 bridgehead atoms. The Kier molecular flexibility index (Phi) is 3.21. The molecule has 0 radical (unpaired) electrons. The Balaban J connectivity index is 1.81. The summed E-state index contributed by atoms with van der Waals surface area (Å²) in [6.07, 6.45) is 0.694.